The minimum atomic E-state index is -0.117. The zero-order valence-corrected chi connectivity index (χ0v) is 12.0. The molecule has 2 nitrogen and oxygen atoms in total. The van der Waals surface area contributed by atoms with Gasteiger partial charge in [-0.3, -0.25) is 0 Å². The number of aryl methyl sites for hydroxylation is 1. The van der Waals surface area contributed by atoms with E-state index >= 15 is 0 Å². The first kappa shape index (κ1) is 15.1. The highest BCUT2D eigenvalue weighted by Crippen LogP contribution is 2.09. The van der Waals surface area contributed by atoms with E-state index in [1.807, 2.05) is 19.1 Å². The van der Waals surface area contributed by atoms with E-state index in [2.05, 4.69) is 31.1 Å². The first-order valence-electron chi connectivity index (χ1n) is 6.66. The molecule has 0 atom stereocenters. The predicted octanol–water partition coefficient (Wildman–Crippen LogP) is 2.61. The SMILES string of the molecule is Cc1cc(CCN(C)CCNC(C)C)ccc1F. The fourth-order valence-corrected chi connectivity index (χ4v) is 1.84. The van der Waals surface area contributed by atoms with Crippen molar-refractivity contribution in [1.82, 2.24) is 10.2 Å². The van der Waals surface area contributed by atoms with E-state index in [0.717, 1.165) is 31.6 Å². The van der Waals surface area contributed by atoms with E-state index < -0.39 is 0 Å². The van der Waals surface area contributed by atoms with Crippen molar-refractivity contribution < 1.29 is 4.39 Å². The number of hydrogen-bond donors (Lipinski definition) is 1. The molecule has 1 aromatic rings. The van der Waals surface area contributed by atoms with Crippen molar-refractivity contribution >= 4 is 0 Å². The molecule has 18 heavy (non-hydrogen) atoms. The minimum Gasteiger partial charge on any atom is -0.313 e. The van der Waals surface area contributed by atoms with E-state index in [1.54, 1.807) is 6.07 Å². The molecule has 1 N–H and O–H groups in total. The van der Waals surface area contributed by atoms with Crippen molar-refractivity contribution in [2.75, 3.05) is 26.7 Å². The van der Waals surface area contributed by atoms with Gasteiger partial charge in [-0.1, -0.05) is 26.0 Å². The standard InChI is InChI=1S/C15H25FN2/c1-12(2)17-8-10-18(4)9-7-14-5-6-15(16)13(3)11-14/h5-6,11-12,17H,7-10H2,1-4H3. The summed E-state index contributed by atoms with van der Waals surface area (Å²) in [7, 11) is 2.12. The summed E-state index contributed by atoms with van der Waals surface area (Å²) in [5, 5.41) is 3.40. The molecule has 0 unspecified atom stereocenters. The van der Waals surface area contributed by atoms with Crippen molar-refractivity contribution in [3.63, 3.8) is 0 Å². The molecular weight excluding hydrogens is 227 g/mol. The Labute approximate surface area is 110 Å². The van der Waals surface area contributed by atoms with Gasteiger partial charge in [-0.05, 0) is 37.6 Å². The van der Waals surface area contributed by atoms with Gasteiger partial charge in [-0.25, -0.2) is 4.39 Å². The van der Waals surface area contributed by atoms with Crippen LogP contribution in [0.5, 0.6) is 0 Å². The lowest BCUT2D eigenvalue weighted by Gasteiger charge is -2.18. The molecule has 102 valence electrons. The van der Waals surface area contributed by atoms with Crippen molar-refractivity contribution in [3.8, 4) is 0 Å². The van der Waals surface area contributed by atoms with Crippen LogP contribution < -0.4 is 5.32 Å². The summed E-state index contributed by atoms with van der Waals surface area (Å²) in [6, 6.07) is 5.92. The van der Waals surface area contributed by atoms with Crippen molar-refractivity contribution in [1.29, 1.82) is 0 Å². The molecule has 0 aromatic heterocycles. The fraction of sp³-hybridized carbons (Fsp3) is 0.600. The Morgan fingerprint density at radius 1 is 1.28 bits per heavy atom. The lowest BCUT2D eigenvalue weighted by atomic mass is 10.1. The van der Waals surface area contributed by atoms with Gasteiger partial charge in [0.15, 0.2) is 0 Å². The normalized spacial score (nSPS) is 11.5. The number of benzene rings is 1. The van der Waals surface area contributed by atoms with Gasteiger partial charge in [-0.15, -0.1) is 0 Å². The fourth-order valence-electron chi connectivity index (χ4n) is 1.84. The van der Waals surface area contributed by atoms with E-state index in [9.17, 15) is 4.39 Å². The van der Waals surface area contributed by atoms with Gasteiger partial charge in [0.25, 0.3) is 0 Å². The number of nitrogens with one attached hydrogen (secondary N) is 1. The van der Waals surface area contributed by atoms with Crippen molar-refractivity contribution in [3.05, 3.63) is 35.1 Å². The maximum absolute atomic E-state index is 13.1. The van der Waals surface area contributed by atoms with Crippen LogP contribution in [-0.2, 0) is 6.42 Å². The third kappa shape index (κ3) is 5.61. The van der Waals surface area contributed by atoms with Crippen LogP contribution in [0.15, 0.2) is 18.2 Å². The van der Waals surface area contributed by atoms with Crippen LogP contribution in [0.1, 0.15) is 25.0 Å². The highest BCUT2D eigenvalue weighted by molar-refractivity contribution is 5.24. The maximum atomic E-state index is 13.1. The zero-order valence-electron chi connectivity index (χ0n) is 12.0. The number of likely N-dealkylation sites (N-methyl/N-ethyl adjacent to an activating group) is 1. The summed E-state index contributed by atoms with van der Waals surface area (Å²) in [6.45, 7) is 9.18. The molecule has 0 bridgehead atoms. The number of halogens is 1. The molecule has 1 aromatic carbocycles. The molecule has 0 radical (unpaired) electrons. The third-order valence-corrected chi connectivity index (χ3v) is 3.05. The number of hydrogen-bond acceptors (Lipinski definition) is 2. The van der Waals surface area contributed by atoms with Crippen LogP contribution in [0.2, 0.25) is 0 Å². The molecule has 0 heterocycles. The number of nitrogens with zero attached hydrogens (tertiary/aromatic N) is 1. The van der Waals surface area contributed by atoms with Crippen molar-refractivity contribution in [2.24, 2.45) is 0 Å². The summed E-state index contributed by atoms with van der Waals surface area (Å²) in [6.07, 6.45) is 0.972. The lowest BCUT2D eigenvalue weighted by Crippen LogP contribution is -2.33. The molecule has 0 amide bonds. The Morgan fingerprint density at radius 2 is 2.00 bits per heavy atom. The maximum Gasteiger partial charge on any atom is 0.126 e. The summed E-state index contributed by atoms with van der Waals surface area (Å²) in [5.41, 5.74) is 1.94. The largest absolute Gasteiger partial charge is 0.313 e. The van der Waals surface area contributed by atoms with E-state index in [4.69, 9.17) is 0 Å². The van der Waals surface area contributed by atoms with Gasteiger partial charge >= 0.3 is 0 Å². The van der Waals surface area contributed by atoms with Crippen LogP contribution in [0.3, 0.4) is 0 Å². The van der Waals surface area contributed by atoms with Gasteiger partial charge in [0.2, 0.25) is 0 Å². The van der Waals surface area contributed by atoms with Crippen LogP contribution in [0, 0.1) is 12.7 Å². The van der Waals surface area contributed by atoms with Crippen LogP contribution >= 0.6 is 0 Å². The Morgan fingerprint density at radius 3 is 2.61 bits per heavy atom. The second kappa shape index (κ2) is 7.49. The lowest BCUT2D eigenvalue weighted by molar-refractivity contribution is 0.331. The third-order valence-electron chi connectivity index (χ3n) is 3.05. The second-order valence-electron chi connectivity index (χ2n) is 5.25. The molecule has 3 heteroatoms. The molecule has 0 saturated carbocycles. The summed E-state index contributed by atoms with van der Waals surface area (Å²) < 4.78 is 13.1. The van der Waals surface area contributed by atoms with Crippen LogP contribution in [0.4, 0.5) is 4.39 Å². The van der Waals surface area contributed by atoms with Gasteiger partial charge in [0, 0.05) is 25.7 Å². The van der Waals surface area contributed by atoms with Crippen molar-refractivity contribution in [2.45, 2.75) is 33.2 Å². The molecule has 0 aliphatic heterocycles. The topological polar surface area (TPSA) is 15.3 Å². The van der Waals surface area contributed by atoms with Gasteiger partial charge in [-0.2, -0.15) is 0 Å². The average molecular weight is 252 g/mol. The van der Waals surface area contributed by atoms with Gasteiger partial charge in [0.05, 0.1) is 0 Å². The molecular formula is C15H25FN2. The first-order valence-corrected chi connectivity index (χ1v) is 6.66. The predicted molar refractivity (Wildman–Crippen MR) is 75.5 cm³/mol. The van der Waals surface area contributed by atoms with Crippen LogP contribution in [-0.4, -0.2) is 37.6 Å². The highest BCUT2D eigenvalue weighted by Gasteiger charge is 2.02. The Hall–Kier alpha value is -0.930. The zero-order chi connectivity index (χ0) is 13.5. The van der Waals surface area contributed by atoms with E-state index in [-0.39, 0.29) is 5.82 Å². The molecule has 0 aliphatic rings. The number of rotatable bonds is 7. The second-order valence-corrected chi connectivity index (χ2v) is 5.25. The van der Waals surface area contributed by atoms with Crippen LogP contribution in [0.25, 0.3) is 0 Å². The highest BCUT2D eigenvalue weighted by atomic mass is 19.1. The average Bonchev–Trinajstić information content (AvgIpc) is 2.30. The van der Waals surface area contributed by atoms with E-state index in [1.165, 1.54) is 5.56 Å². The first-order chi connectivity index (χ1) is 8.49. The smallest absolute Gasteiger partial charge is 0.126 e. The molecule has 1 rings (SSSR count). The molecule has 0 aliphatic carbocycles. The quantitative estimate of drug-likeness (QED) is 0.802. The minimum absolute atomic E-state index is 0.117. The van der Waals surface area contributed by atoms with E-state index in [0.29, 0.717) is 6.04 Å². The Balaban J connectivity index is 2.29. The molecule has 0 spiro atoms. The summed E-state index contributed by atoms with van der Waals surface area (Å²) in [4.78, 5) is 2.30. The summed E-state index contributed by atoms with van der Waals surface area (Å²) >= 11 is 0. The Kier molecular flexibility index (Phi) is 6.30. The summed E-state index contributed by atoms with van der Waals surface area (Å²) in [5.74, 6) is -0.117. The Bertz CT molecular complexity index is 364. The molecule has 0 fully saturated rings. The van der Waals surface area contributed by atoms with Gasteiger partial charge < -0.3 is 10.2 Å². The monoisotopic (exact) mass is 252 g/mol. The molecule has 0 saturated heterocycles. The van der Waals surface area contributed by atoms with Gasteiger partial charge in [0.1, 0.15) is 5.82 Å².